The van der Waals surface area contributed by atoms with Gasteiger partial charge in [-0.3, -0.25) is 0 Å². The molecule has 0 bridgehead atoms. The number of nitrogens with two attached hydrogens (primary N) is 1. The molecule has 0 aliphatic heterocycles. The number of benzene rings is 1. The van der Waals surface area contributed by atoms with Gasteiger partial charge >= 0.3 is 10.1 Å². The second-order valence-electron chi connectivity index (χ2n) is 2.70. The molecule has 0 heterocycles. The van der Waals surface area contributed by atoms with Crippen molar-refractivity contribution in [2.45, 2.75) is 18.4 Å². The Balaban J connectivity index is 2.86. The van der Waals surface area contributed by atoms with Crippen LogP contribution in [0.1, 0.15) is 12.5 Å². The molecule has 2 N–H and O–H groups in total. The lowest BCUT2D eigenvalue weighted by Crippen LogP contribution is -2.06. The van der Waals surface area contributed by atoms with Gasteiger partial charge in [-0.25, -0.2) is 4.89 Å². The second kappa shape index (κ2) is 5.22. The lowest BCUT2D eigenvalue weighted by atomic mass is 10.2. The highest BCUT2D eigenvalue weighted by Gasteiger charge is 2.15. The van der Waals surface area contributed by atoms with Gasteiger partial charge in [0.05, 0.1) is 4.90 Å². The summed E-state index contributed by atoms with van der Waals surface area (Å²) < 4.78 is 27.0. The fraction of sp³-hybridized carbons (Fsp3) is 0.222. The van der Waals surface area contributed by atoms with Gasteiger partial charge in [-0.05, 0) is 24.6 Å². The van der Waals surface area contributed by atoms with Crippen molar-refractivity contribution in [1.82, 2.24) is 0 Å². The van der Waals surface area contributed by atoms with E-state index in [1.54, 1.807) is 12.1 Å². The van der Waals surface area contributed by atoms with Gasteiger partial charge in [0, 0.05) is 6.54 Å². The highest BCUT2D eigenvalue weighted by molar-refractivity contribution is 7.86. The van der Waals surface area contributed by atoms with Crippen LogP contribution in [0.3, 0.4) is 0 Å². The Kier molecular flexibility index (Phi) is 4.22. The van der Waals surface area contributed by atoms with E-state index >= 15 is 0 Å². The molecule has 1 aromatic carbocycles. The van der Waals surface area contributed by atoms with Gasteiger partial charge < -0.3 is 5.73 Å². The summed E-state index contributed by atoms with van der Waals surface area (Å²) in [6.45, 7) is 3.00. The maximum absolute atomic E-state index is 11.4. The highest BCUT2D eigenvalue weighted by atomic mass is 32.2. The fourth-order valence-electron chi connectivity index (χ4n) is 0.922. The molecule has 1 radical (unpaired) electrons. The third-order valence-corrected chi connectivity index (χ3v) is 2.78. The Labute approximate surface area is 88.9 Å². The summed E-state index contributed by atoms with van der Waals surface area (Å²) in [5.41, 5.74) is 6.22. The molecule has 0 saturated carbocycles. The summed E-state index contributed by atoms with van der Waals surface area (Å²) in [5.74, 6) is 0. The van der Waals surface area contributed by atoms with Crippen molar-refractivity contribution in [3.63, 3.8) is 0 Å². The Morgan fingerprint density at radius 2 is 1.93 bits per heavy atom. The van der Waals surface area contributed by atoms with Crippen LogP contribution in [-0.2, 0) is 25.9 Å². The van der Waals surface area contributed by atoms with Crippen LogP contribution in [0, 0.1) is 6.61 Å². The molecule has 0 amide bonds. The zero-order chi connectivity index (χ0) is 11.3. The molecule has 1 aromatic rings. The molecule has 0 aliphatic carbocycles. The third-order valence-electron chi connectivity index (χ3n) is 1.67. The van der Waals surface area contributed by atoms with E-state index in [9.17, 15) is 8.42 Å². The molecule has 6 heteroatoms. The summed E-state index contributed by atoms with van der Waals surface area (Å²) in [5, 5.41) is 0. The molecular weight excluding hydrogens is 218 g/mol. The van der Waals surface area contributed by atoms with Crippen LogP contribution in [0.4, 0.5) is 0 Å². The van der Waals surface area contributed by atoms with Crippen molar-refractivity contribution < 1.29 is 17.6 Å². The van der Waals surface area contributed by atoms with E-state index in [-0.39, 0.29) is 4.90 Å². The molecule has 0 aromatic heterocycles. The Bertz CT molecular complexity index is 399. The van der Waals surface area contributed by atoms with Gasteiger partial charge in [0.15, 0.2) is 0 Å². The first kappa shape index (κ1) is 12.1. The Morgan fingerprint density at radius 1 is 1.33 bits per heavy atom. The maximum atomic E-state index is 11.4. The molecule has 0 saturated heterocycles. The lowest BCUT2D eigenvalue weighted by molar-refractivity contribution is -0.165. The number of hydrogen-bond acceptors (Lipinski definition) is 5. The van der Waals surface area contributed by atoms with E-state index in [0.29, 0.717) is 6.54 Å². The van der Waals surface area contributed by atoms with Gasteiger partial charge in [-0.1, -0.05) is 12.1 Å². The smallest absolute Gasteiger partial charge is 0.323 e. The summed E-state index contributed by atoms with van der Waals surface area (Å²) in [6.07, 6.45) is 0. The highest BCUT2D eigenvalue weighted by Crippen LogP contribution is 2.13. The van der Waals surface area contributed by atoms with E-state index < -0.39 is 10.1 Å². The standard InChI is InChI=1S/C9H12NO4S/c1-2-13-14-15(11,12)9-5-3-8(7-10)4-6-9/h2-6H,7,10H2,1H3. The first-order valence-corrected chi connectivity index (χ1v) is 5.68. The van der Waals surface area contributed by atoms with E-state index in [1.165, 1.54) is 19.1 Å². The molecule has 5 nitrogen and oxygen atoms in total. The SMILES string of the molecule is C[CH]OOS(=O)(=O)c1ccc(CN)cc1. The lowest BCUT2D eigenvalue weighted by Gasteiger charge is -2.03. The van der Waals surface area contributed by atoms with Crippen molar-refractivity contribution in [3.8, 4) is 0 Å². The fourth-order valence-corrected chi connectivity index (χ4v) is 1.65. The zero-order valence-corrected chi connectivity index (χ0v) is 9.03. The predicted octanol–water partition coefficient (Wildman–Crippen LogP) is 0.964. The quantitative estimate of drug-likeness (QED) is 0.602. The van der Waals surface area contributed by atoms with Crippen molar-refractivity contribution in [3.05, 3.63) is 36.4 Å². The molecule has 0 aliphatic rings. The van der Waals surface area contributed by atoms with Crippen LogP contribution >= 0.6 is 0 Å². The predicted molar refractivity (Wildman–Crippen MR) is 53.7 cm³/mol. The average Bonchev–Trinajstić information content (AvgIpc) is 2.26. The van der Waals surface area contributed by atoms with E-state index in [1.807, 2.05) is 0 Å². The minimum atomic E-state index is -3.84. The largest absolute Gasteiger partial charge is 0.326 e. The summed E-state index contributed by atoms with van der Waals surface area (Å²) >= 11 is 0. The van der Waals surface area contributed by atoms with Gasteiger partial charge in [0.25, 0.3) is 0 Å². The van der Waals surface area contributed by atoms with E-state index in [0.717, 1.165) is 12.2 Å². The molecule has 15 heavy (non-hydrogen) atoms. The first-order chi connectivity index (χ1) is 7.10. The minimum Gasteiger partial charge on any atom is -0.326 e. The summed E-state index contributed by atoms with van der Waals surface area (Å²) in [7, 11) is -3.84. The summed E-state index contributed by atoms with van der Waals surface area (Å²) in [4.78, 5) is 4.30. The molecule has 0 unspecified atom stereocenters. The van der Waals surface area contributed by atoms with E-state index in [2.05, 4.69) is 9.22 Å². The third kappa shape index (κ3) is 3.28. The first-order valence-electron chi connectivity index (χ1n) is 4.27. The molecule has 0 fully saturated rings. The van der Waals surface area contributed by atoms with Crippen molar-refractivity contribution >= 4 is 10.1 Å². The van der Waals surface area contributed by atoms with Gasteiger partial charge in [-0.15, -0.1) is 4.33 Å². The number of rotatable bonds is 5. The average molecular weight is 230 g/mol. The Hall–Kier alpha value is -0.950. The second-order valence-corrected chi connectivity index (χ2v) is 4.22. The topological polar surface area (TPSA) is 78.6 Å². The van der Waals surface area contributed by atoms with E-state index in [4.69, 9.17) is 5.73 Å². The maximum Gasteiger partial charge on any atom is 0.323 e. The summed E-state index contributed by atoms with van der Waals surface area (Å²) in [6, 6.07) is 6.06. The van der Waals surface area contributed by atoms with Gasteiger partial charge in [0.2, 0.25) is 0 Å². The monoisotopic (exact) mass is 230 g/mol. The van der Waals surface area contributed by atoms with Crippen LogP contribution in [0.5, 0.6) is 0 Å². The zero-order valence-electron chi connectivity index (χ0n) is 8.21. The molecule has 0 spiro atoms. The minimum absolute atomic E-state index is 0.0292. The van der Waals surface area contributed by atoms with Gasteiger partial charge in [-0.2, -0.15) is 8.42 Å². The molecule has 0 atom stereocenters. The van der Waals surface area contributed by atoms with Crippen molar-refractivity contribution in [2.24, 2.45) is 5.73 Å². The van der Waals surface area contributed by atoms with Crippen molar-refractivity contribution in [2.75, 3.05) is 0 Å². The van der Waals surface area contributed by atoms with Crippen molar-refractivity contribution in [1.29, 1.82) is 0 Å². The molecule has 83 valence electrons. The number of hydrogen-bond donors (Lipinski definition) is 1. The molecular formula is C9H12NO4S. The van der Waals surface area contributed by atoms with Crippen LogP contribution in [-0.4, -0.2) is 8.42 Å². The van der Waals surface area contributed by atoms with Crippen LogP contribution < -0.4 is 5.73 Å². The van der Waals surface area contributed by atoms with Crippen LogP contribution in [0.15, 0.2) is 29.2 Å². The van der Waals surface area contributed by atoms with Gasteiger partial charge in [0.1, 0.15) is 6.61 Å². The molecule has 1 rings (SSSR count). The van der Waals surface area contributed by atoms with Crippen LogP contribution in [0.2, 0.25) is 0 Å². The van der Waals surface area contributed by atoms with Crippen LogP contribution in [0.25, 0.3) is 0 Å². The Morgan fingerprint density at radius 3 is 2.40 bits per heavy atom. The normalized spacial score (nSPS) is 11.6.